The number of ketones is 1. The summed E-state index contributed by atoms with van der Waals surface area (Å²) in [6.45, 7) is 14.9. The van der Waals surface area contributed by atoms with Gasteiger partial charge in [-0.15, -0.1) is 0 Å². The second kappa shape index (κ2) is 4.62. The normalized spacial score (nSPS) is 24.9. The van der Waals surface area contributed by atoms with Crippen LogP contribution in [0, 0.1) is 5.41 Å². The van der Waals surface area contributed by atoms with Crippen LogP contribution in [0.3, 0.4) is 0 Å². The molecule has 0 bridgehead atoms. The van der Waals surface area contributed by atoms with Crippen molar-refractivity contribution in [2.75, 3.05) is 7.11 Å². The Labute approximate surface area is 102 Å². The van der Waals surface area contributed by atoms with Crippen LogP contribution in [0.25, 0.3) is 0 Å². The Kier molecular flexibility index (Phi) is 3.61. The second-order valence-electron chi connectivity index (χ2n) is 4.41. The standard InChI is InChI=1S/C14H18O3/c1-7-10(15)13-14(4,5)9(3)12(17-13)11(8-2)16-6/h7-8,13H,1-3H2,4-6H3. The first-order chi connectivity index (χ1) is 7.89. The Morgan fingerprint density at radius 3 is 2.41 bits per heavy atom. The largest absolute Gasteiger partial charge is 0.493 e. The summed E-state index contributed by atoms with van der Waals surface area (Å²) in [5.41, 5.74) is 0.252. The van der Waals surface area contributed by atoms with Gasteiger partial charge in [0.1, 0.15) is 0 Å². The first-order valence-electron chi connectivity index (χ1n) is 5.33. The highest BCUT2D eigenvalue weighted by molar-refractivity contribution is 5.94. The van der Waals surface area contributed by atoms with Crippen molar-refractivity contribution in [3.8, 4) is 0 Å². The van der Waals surface area contributed by atoms with Crippen LogP contribution in [0.5, 0.6) is 0 Å². The van der Waals surface area contributed by atoms with Crippen molar-refractivity contribution in [2.45, 2.75) is 20.0 Å². The van der Waals surface area contributed by atoms with Gasteiger partial charge in [0.15, 0.2) is 23.4 Å². The first kappa shape index (κ1) is 13.3. The quantitative estimate of drug-likeness (QED) is 0.554. The number of hydrogen-bond donors (Lipinski definition) is 0. The summed E-state index contributed by atoms with van der Waals surface area (Å²) in [5, 5.41) is 0. The lowest BCUT2D eigenvalue weighted by atomic mass is 9.79. The molecule has 0 saturated carbocycles. The molecule has 1 rings (SSSR count). The maximum atomic E-state index is 11.7. The van der Waals surface area contributed by atoms with Crippen LogP contribution < -0.4 is 0 Å². The van der Waals surface area contributed by atoms with Crippen molar-refractivity contribution < 1.29 is 14.3 Å². The van der Waals surface area contributed by atoms with E-state index in [0.717, 1.165) is 5.57 Å². The number of rotatable bonds is 4. The van der Waals surface area contributed by atoms with E-state index in [2.05, 4.69) is 19.7 Å². The molecule has 0 N–H and O–H groups in total. The molecule has 0 radical (unpaired) electrons. The molecule has 0 amide bonds. The third-order valence-electron chi connectivity index (χ3n) is 3.03. The number of ether oxygens (including phenoxy) is 2. The molecule has 3 heteroatoms. The summed E-state index contributed by atoms with van der Waals surface area (Å²) in [6.07, 6.45) is 2.20. The van der Waals surface area contributed by atoms with E-state index in [0.29, 0.717) is 11.5 Å². The number of carbonyl (C=O) groups is 1. The molecule has 3 nitrogen and oxygen atoms in total. The van der Waals surface area contributed by atoms with Gasteiger partial charge in [0.05, 0.1) is 7.11 Å². The molecule has 0 aromatic rings. The highest BCUT2D eigenvalue weighted by Crippen LogP contribution is 2.45. The molecule has 17 heavy (non-hydrogen) atoms. The lowest BCUT2D eigenvalue weighted by Crippen LogP contribution is -2.32. The van der Waals surface area contributed by atoms with Crippen LogP contribution in [0.1, 0.15) is 13.8 Å². The lowest BCUT2D eigenvalue weighted by Gasteiger charge is -2.22. The van der Waals surface area contributed by atoms with Crippen molar-refractivity contribution in [3.05, 3.63) is 49.0 Å². The summed E-state index contributed by atoms with van der Waals surface area (Å²) in [5.74, 6) is 0.820. The van der Waals surface area contributed by atoms with E-state index in [9.17, 15) is 4.79 Å². The minimum Gasteiger partial charge on any atom is -0.493 e. The second-order valence-corrected chi connectivity index (χ2v) is 4.41. The van der Waals surface area contributed by atoms with Gasteiger partial charge in [-0.05, 0) is 12.2 Å². The molecule has 1 saturated heterocycles. The number of methoxy groups -OCH3 is 1. The zero-order valence-corrected chi connectivity index (χ0v) is 10.6. The fourth-order valence-electron chi connectivity index (χ4n) is 1.78. The third-order valence-corrected chi connectivity index (χ3v) is 3.03. The summed E-state index contributed by atoms with van der Waals surface area (Å²) in [4.78, 5) is 11.7. The molecule has 1 unspecified atom stereocenters. The molecule has 1 aliphatic heterocycles. The number of allylic oxidation sites excluding steroid dienone is 2. The lowest BCUT2D eigenvalue weighted by molar-refractivity contribution is -0.125. The topological polar surface area (TPSA) is 35.5 Å². The van der Waals surface area contributed by atoms with Crippen molar-refractivity contribution in [2.24, 2.45) is 5.41 Å². The Bertz CT molecular complexity index is 413. The summed E-state index contributed by atoms with van der Waals surface area (Å²) >= 11 is 0. The summed E-state index contributed by atoms with van der Waals surface area (Å²) in [6, 6.07) is 0. The predicted molar refractivity (Wildman–Crippen MR) is 67.2 cm³/mol. The van der Waals surface area contributed by atoms with Crippen LogP contribution in [0.2, 0.25) is 0 Å². The average Bonchev–Trinajstić information content (AvgIpc) is 2.54. The Morgan fingerprint density at radius 2 is 2.00 bits per heavy atom. The molecule has 0 aliphatic carbocycles. The molecule has 1 aliphatic rings. The molecule has 0 aromatic heterocycles. The van der Waals surface area contributed by atoms with Gasteiger partial charge in [-0.3, -0.25) is 4.79 Å². The van der Waals surface area contributed by atoms with Gasteiger partial charge in [-0.25, -0.2) is 0 Å². The predicted octanol–water partition coefficient (Wildman–Crippen LogP) is 2.77. The van der Waals surface area contributed by atoms with Crippen LogP contribution in [0.15, 0.2) is 49.0 Å². The zero-order chi connectivity index (χ0) is 13.2. The Balaban J connectivity index is 3.25. The maximum absolute atomic E-state index is 11.7. The van der Waals surface area contributed by atoms with Gasteiger partial charge >= 0.3 is 0 Å². The minimum atomic E-state index is -0.604. The van der Waals surface area contributed by atoms with Crippen molar-refractivity contribution in [1.82, 2.24) is 0 Å². The molecule has 1 atom stereocenters. The van der Waals surface area contributed by atoms with Crippen molar-refractivity contribution >= 4 is 5.78 Å². The van der Waals surface area contributed by atoms with E-state index in [-0.39, 0.29) is 5.78 Å². The minimum absolute atomic E-state index is 0.161. The van der Waals surface area contributed by atoms with E-state index in [1.807, 2.05) is 13.8 Å². The molecule has 0 aromatic carbocycles. The van der Waals surface area contributed by atoms with E-state index >= 15 is 0 Å². The van der Waals surface area contributed by atoms with Gasteiger partial charge in [-0.2, -0.15) is 0 Å². The van der Waals surface area contributed by atoms with Gasteiger partial charge in [0.25, 0.3) is 0 Å². The van der Waals surface area contributed by atoms with E-state index < -0.39 is 11.5 Å². The van der Waals surface area contributed by atoms with Crippen LogP contribution in [-0.4, -0.2) is 19.0 Å². The van der Waals surface area contributed by atoms with Gasteiger partial charge < -0.3 is 9.47 Å². The van der Waals surface area contributed by atoms with Crippen LogP contribution >= 0.6 is 0 Å². The molecule has 1 heterocycles. The smallest absolute Gasteiger partial charge is 0.196 e. The molecular formula is C14H18O3. The van der Waals surface area contributed by atoms with E-state index in [1.165, 1.54) is 19.3 Å². The first-order valence-corrected chi connectivity index (χ1v) is 5.33. The van der Waals surface area contributed by atoms with Gasteiger partial charge in [0, 0.05) is 11.0 Å². The van der Waals surface area contributed by atoms with E-state index in [1.54, 1.807) is 0 Å². The Morgan fingerprint density at radius 1 is 1.41 bits per heavy atom. The average molecular weight is 234 g/mol. The summed E-state index contributed by atoms with van der Waals surface area (Å²) in [7, 11) is 1.52. The van der Waals surface area contributed by atoms with Gasteiger partial charge in [0.2, 0.25) is 0 Å². The van der Waals surface area contributed by atoms with Crippen molar-refractivity contribution in [3.63, 3.8) is 0 Å². The fraction of sp³-hybridized carbons (Fsp3) is 0.357. The highest BCUT2D eigenvalue weighted by atomic mass is 16.5. The Hall–Kier alpha value is -1.77. The maximum Gasteiger partial charge on any atom is 0.196 e. The van der Waals surface area contributed by atoms with Crippen molar-refractivity contribution in [1.29, 1.82) is 0 Å². The monoisotopic (exact) mass is 234 g/mol. The molecular weight excluding hydrogens is 216 g/mol. The summed E-state index contributed by atoms with van der Waals surface area (Å²) < 4.78 is 10.8. The highest BCUT2D eigenvalue weighted by Gasteiger charge is 2.47. The van der Waals surface area contributed by atoms with Gasteiger partial charge in [-0.1, -0.05) is 33.6 Å². The number of hydrogen-bond acceptors (Lipinski definition) is 3. The van der Waals surface area contributed by atoms with Crippen LogP contribution in [-0.2, 0) is 14.3 Å². The fourth-order valence-corrected chi connectivity index (χ4v) is 1.78. The number of carbonyl (C=O) groups excluding carboxylic acids is 1. The van der Waals surface area contributed by atoms with Crippen LogP contribution in [0.4, 0.5) is 0 Å². The molecule has 92 valence electrons. The zero-order valence-electron chi connectivity index (χ0n) is 10.6. The SMILES string of the molecule is C=CC(=O)C1OC(=C(C=C)OC)C(=C)C1(C)C. The molecule has 1 fully saturated rings. The third kappa shape index (κ3) is 2.05. The van der Waals surface area contributed by atoms with E-state index in [4.69, 9.17) is 9.47 Å². The molecule has 0 spiro atoms.